The van der Waals surface area contributed by atoms with E-state index in [0.717, 1.165) is 5.01 Å². The molecule has 1 aromatic heterocycles. The molecule has 108 valence electrons. The minimum atomic E-state index is -0.542. The highest BCUT2D eigenvalue weighted by atomic mass is 32.1. The van der Waals surface area contributed by atoms with Gasteiger partial charge in [0.15, 0.2) is 0 Å². The third kappa shape index (κ3) is 4.85. The van der Waals surface area contributed by atoms with Gasteiger partial charge in [0.25, 0.3) is 0 Å². The molecule has 0 saturated carbocycles. The number of ether oxygens (including phenoxy) is 2. The van der Waals surface area contributed by atoms with Crippen LogP contribution >= 0.6 is 11.3 Å². The number of hydrogen-bond donors (Lipinski definition) is 1. The van der Waals surface area contributed by atoms with E-state index >= 15 is 0 Å². The molecule has 0 bridgehead atoms. The predicted molar refractivity (Wildman–Crippen MR) is 74.8 cm³/mol. The lowest BCUT2D eigenvalue weighted by Crippen LogP contribution is -2.16. The van der Waals surface area contributed by atoms with Crippen LogP contribution in [0, 0.1) is 0 Å². The van der Waals surface area contributed by atoms with Gasteiger partial charge in [-0.1, -0.05) is 0 Å². The number of carbonyl (C=O) groups is 2. The van der Waals surface area contributed by atoms with Crippen molar-refractivity contribution < 1.29 is 19.1 Å². The highest BCUT2D eigenvalue weighted by Gasteiger charge is 2.11. The Balaban J connectivity index is 2.83. The van der Waals surface area contributed by atoms with E-state index in [-0.39, 0.29) is 5.57 Å². The fraction of sp³-hybridized carbons (Fsp3) is 0.308. The van der Waals surface area contributed by atoms with Crippen LogP contribution in [-0.4, -0.2) is 31.1 Å². The van der Waals surface area contributed by atoms with E-state index in [1.54, 1.807) is 13.1 Å². The molecule has 0 unspecified atom stereocenters. The molecule has 0 aromatic carbocycles. The van der Waals surface area contributed by atoms with Crippen LogP contribution in [-0.2, 0) is 25.6 Å². The average molecular weight is 296 g/mol. The van der Waals surface area contributed by atoms with E-state index in [0.29, 0.717) is 12.2 Å². The van der Waals surface area contributed by atoms with Crippen molar-refractivity contribution in [2.24, 2.45) is 0 Å². The third-order valence-electron chi connectivity index (χ3n) is 2.38. The molecule has 0 atom stereocenters. The molecule has 1 rings (SSSR count). The molecule has 20 heavy (non-hydrogen) atoms. The number of esters is 2. The van der Waals surface area contributed by atoms with E-state index in [2.05, 4.69) is 19.8 Å². The molecule has 0 fully saturated rings. The summed E-state index contributed by atoms with van der Waals surface area (Å²) < 4.78 is 9.17. The summed E-state index contributed by atoms with van der Waals surface area (Å²) in [6, 6.07) is 0. The smallest absolute Gasteiger partial charge is 0.339 e. The Bertz CT molecular complexity index is 520. The van der Waals surface area contributed by atoms with Crippen LogP contribution in [0.1, 0.15) is 11.9 Å². The maximum absolute atomic E-state index is 11.7. The molecule has 0 spiro atoms. The Labute approximate surface area is 121 Å². The molecule has 0 saturated heterocycles. The quantitative estimate of drug-likeness (QED) is 0.486. The summed E-state index contributed by atoms with van der Waals surface area (Å²) in [6.07, 6.45) is 4.24. The van der Waals surface area contributed by atoms with Gasteiger partial charge in [0.05, 0.1) is 26.3 Å². The first kappa shape index (κ1) is 15.9. The number of thiazole rings is 1. The van der Waals surface area contributed by atoms with Crippen LogP contribution in [0.15, 0.2) is 35.0 Å². The summed E-state index contributed by atoms with van der Waals surface area (Å²) in [5, 5.41) is 5.83. The SMILES string of the molecule is COC(=O)/C=C/C(C(=O)OC)=C(/C)NCc1nccs1. The Morgan fingerprint density at radius 3 is 2.65 bits per heavy atom. The predicted octanol–water partition coefficient (Wildman–Crippen LogP) is 1.41. The van der Waals surface area contributed by atoms with Gasteiger partial charge in [-0.25, -0.2) is 14.6 Å². The Morgan fingerprint density at radius 2 is 2.10 bits per heavy atom. The van der Waals surface area contributed by atoms with Crippen LogP contribution in [0.4, 0.5) is 0 Å². The zero-order valence-electron chi connectivity index (χ0n) is 11.5. The number of allylic oxidation sites excluding steroid dienone is 1. The largest absolute Gasteiger partial charge is 0.466 e. The molecule has 0 aliphatic rings. The van der Waals surface area contributed by atoms with E-state index in [9.17, 15) is 9.59 Å². The van der Waals surface area contributed by atoms with E-state index in [1.807, 2.05) is 5.38 Å². The first-order chi connectivity index (χ1) is 9.58. The van der Waals surface area contributed by atoms with Crippen LogP contribution in [0.25, 0.3) is 0 Å². The average Bonchev–Trinajstić information content (AvgIpc) is 2.97. The van der Waals surface area contributed by atoms with Crippen molar-refractivity contribution in [1.82, 2.24) is 10.3 Å². The van der Waals surface area contributed by atoms with E-state index in [1.165, 1.54) is 37.7 Å². The van der Waals surface area contributed by atoms with E-state index < -0.39 is 11.9 Å². The summed E-state index contributed by atoms with van der Waals surface area (Å²) in [5.74, 6) is -1.08. The summed E-state index contributed by atoms with van der Waals surface area (Å²) in [4.78, 5) is 26.9. The number of hydrogen-bond acceptors (Lipinski definition) is 7. The lowest BCUT2D eigenvalue weighted by molar-refractivity contribution is -0.135. The van der Waals surface area contributed by atoms with Crippen LogP contribution in [0.2, 0.25) is 0 Å². The standard InChI is InChI=1S/C13H16N2O4S/c1-9(15-8-11-14-6-7-20-11)10(13(17)19-3)4-5-12(16)18-2/h4-7,15H,8H2,1-3H3/b5-4+,10-9+. The van der Waals surface area contributed by atoms with Crippen LogP contribution < -0.4 is 5.32 Å². The van der Waals surface area contributed by atoms with Gasteiger partial charge < -0.3 is 14.8 Å². The summed E-state index contributed by atoms with van der Waals surface area (Å²) >= 11 is 1.51. The topological polar surface area (TPSA) is 77.5 Å². The summed E-state index contributed by atoms with van der Waals surface area (Å²) in [6.45, 7) is 2.22. The van der Waals surface area contributed by atoms with Gasteiger partial charge in [0.2, 0.25) is 0 Å². The minimum Gasteiger partial charge on any atom is -0.466 e. The number of aromatic nitrogens is 1. The van der Waals surface area contributed by atoms with Crippen LogP contribution in [0.3, 0.4) is 0 Å². The fourth-order valence-corrected chi connectivity index (χ4v) is 1.88. The van der Waals surface area contributed by atoms with Gasteiger partial charge in [0.1, 0.15) is 5.01 Å². The number of nitrogens with one attached hydrogen (secondary N) is 1. The lowest BCUT2D eigenvalue weighted by atomic mass is 10.2. The van der Waals surface area contributed by atoms with E-state index in [4.69, 9.17) is 0 Å². The summed E-state index contributed by atoms with van der Waals surface area (Å²) in [5.41, 5.74) is 0.849. The Hall–Kier alpha value is -2.15. The van der Waals surface area contributed by atoms with Crippen molar-refractivity contribution in [1.29, 1.82) is 0 Å². The first-order valence-electron chi connectivity index (χ1n) is 5.76. The second-order valence-corrected chi connectivity index (χ2v) is 4.65. The third-order valence-corrected chi connectivity index (χ3v) is 3.16. The molecule has 1 N–H and O–H groups in total. The molecule has 6 nitrogen and oxygen atoms in total. The lowest BCUT2D eigenvalue weighted by Gasteiger charge is -2.08. The molecule has 0 radical (unpaired) electrons. The minimum absolute atomic E-state index is 0.259. The number of methoxy groups -OCH3 is 2. The molecule has 1 aromatic rings. The van der Waals surface area contributed by atoms with Crippen molar-refractivity contribution in [2.45, 2.75) is 13.5 Å². The zero-order valence-corrected chi connectivity index (χ0v) is 12.3. The van der Waals surface area contributed by atoms with Gasteiger partial charge in [-0.3, -0.25) is 0 Å². The molecule has 0 aliphatic heterocycles. The zero-order chi connectivity index (χ0) is 15.0. The molecule has 0 aliphatic carbocycles. The highest BCUT2D eigenvalue weighted by molar-refractivity contribution is 7.09. The normalized spacial score (nSPS) is 11.9. The van der Waals surface area contributed by atoms with Crippen molar-refractivity contribution in [2.75, 3.05) is 14.2 Å². The fourth-order valence-electron chi connectivity index (χ4n) is 1.32. The molecular weight excluding hydrogens is 280 g/mol. The van der Waals surface area contributed by atoms with Crippen molar-refractivity contribution in [3.63, 3.8) is 0 Å². The molecule has 7 heteroatoms. The number of nitrogens with zero attached hydrogens (tertiary/aromatic N) is 1. The molecular formula is C13H16N2O4S. The van der Waals surface area contributed by atoms with Crippen LogP contribution in [0.5, 0.6) is 0 Å². The Kier molecular flexibility index (Phi) is 6.45. The van der Waals surface area contributed by atoms with Crippen molar-refractivity contribution in [3.8, 4) is 0 Å². The molecule has 1 heterocycles. The number of carbonyl (C=O) groups excluding carboxylic acids is 2. The Morgan fingerprint density at radius 1 is 1.35 bits per heavy atom. The monoisotopic (exact) mass is 296 g/mol. The van der Waals surface area contributed by atoms with Crippen molar-refractivity contribution in [3.05, 3.63) is 40.0 Å². The molecule has 0 amide bonds. The number of rotatable bonds is 6. The maximum atomic E-state index is 11.7. The van der Waals surface area contributed by atoms with Gasteiger partial charge in [-0.15, -0.1) is 11.3 Å². The second kappa shape index (κ2) is 8.11. The second-order valence-electron chi connectivity index (χ2n) is 3.67. The van der Waals surface area contributed by atoms with Crippen molar-refractivity contribution >= 4 is 23.3 Å². The first-order valence-corrected chi connectivity index (χ1v) is 6.64. The van der Waals surface area contributed by atoms with Gasteiger partial charge in [0, 0.05) is 23.3 Å². The van der Waals surface area contributed by atoms with Gasteiger partial charge in [-0.2, -0.15) is 0 Å². The van der Waals surface area contributed by atoms with Gasteiger partial charge in [-0.05, 0) is 13.0 Å². The van der Waals surface area contributed by atoms with Gasteiger partial charge >= 0.3 is 11.9 Å². The maximum Gasteiger partial charge on any atom is 0.339 e. The highest BCUT2D eigenvalue weighted by Crippen LogP contribution is 2.09. The summed E-state index contributed by atoms with van der Waals surface area (Å²) in [7, 11) is 2.55.